The van der Waals surface area contributed by atoms with Crippen molar-refractivity contribution in [3.63, 3.8) is 0 Å². The van der Waals surface area contributed by atoms with Crippen molar-refractivity contribution >= 4 is 35.0 Å². The maximum absolute atomic E-state index is 12.8. The highest BCUT2D eigenvalue weighted by Crippen LogP contribution is 2.55. The fourth-order valence-corrected chi connectivity index (χ4v) is 4.62. The van der Waals surface area contributed by atoms with Gasteiger partial charge in [-0.15, -0.1) is 11.8 Å². The van der Waals surface area contributed by atoms with Gasteiger partial charge in [0.05, 0.1) is 5.25 Å². The van der Waals surface area contributed by atoms with Crippen LogP contribution in [0.3, 0.4) is 0 Å². The Balaban J connectivity index is 1.96. The first-order valence-corrected chi connectivity index (χ1v) is 8.00. The molecule has 4 rings (SSSR count). The summed E-state index contributed by atoms with van der Waals surface area (Å²) in [6, 6.07) is 17.0. The summed E-state index contributed by atoms with van der Waals surface area (Å²) in [7, 11) is 0. The molecule has 4 nitrogen and oxygen atoms in total. The van der Waals surface area contributed by atoms with Crippen LogP contribution in [0.15, 0.2) is 54.6 Å². The minimum absolute atomic E-state index is 0.0388. The first-order valence-electron chi connectivity index (χ1n) is 7.12. The van der Waals surface area contributed by atoms with E-state index in [9.17, 15) is 9.59 Å². The summed E-state index contributed by atoms with van der Waals surface area (Å²) in [4.78, 5) is 26.2. The summed E-state index contributed by atoms with van der Waals surface area (Å²) in [6.45, 7) is 1.85. The number of fused-ring (bicyclic) bond motifs is 2. The fraction of sp³-hybridized carbons (Fsp3) is 0.176. The van der Waals surface area contributed by atoms with Gasteiger partial charge >= 0.3 is 0 Å². The lowest BCUT2D eigenvalue weighted by molar-refractivity contribution is -0.122. The Bertz CT molecular complexity index is 777. The average molecular weight is 310 g/mol. The van der Waals surface area contributed by atoms with Gasteiger partial charge in [0.1, 0.15) is 0 Å². The molecule has 110 valence electrons. The lowest BCUT2D eigenvalue weighted by Gasteiger charge is -2.32. The van der Waals surface area contributed by atoms with Crippen molar-refractivity contribution in [3.8, 4) is 0 Å². The molecule has 5 heteroatoms. The third-order valence-electron chi connectivity index (χ3n) is 4.09. The number of carbonyl (C=O) groups is 2. The first kappa shape index (κ1) is 13.4. The molecule has 2 aromatic carbocycles. The average Bonchev–Trinajstić information content (AvgIpc) is 2.96. The summed E-state index contributed by atoms with van der Waals surface area (Å²) < 4.78 is 0. The number of anilines is 2. The van der Waals surface area contributed by atoms with Gasteiger partial charge in [-0.1, -0.05) is 36.4 Å². The number of benzene rings is 2. The second kappa shape index (κ2) is 4.61. The first-order chi connectivity index (χ1) is 10.6. The van der Waals surface area contributed by atoms with Gasteiger partial charge < -0.3 is 5.32 Å². The van der Waals surface area contributed by atoms with Crippen LogP contribution in [0.2, 0.25) is 0 Å². The van der Waals surface area contributed by atoms with E-state index in [1.807, 2.05) is 61.5 Å². The zero-order valence-electron chi connectivity index (χ0n) is 11.9. The van der Waals surface area contributed by atoms with Crippen molar-refractivity contribution in [2.45, 2.75) is 17.0 Å². The molecule has 0 saturated carbocycles. The third-order valence-corrected chi connectivity index (χ3v) is 5.58. The molecule has 2 aliphatic heterocycles. The quantitative estimate of drug-likeness (QED) is 0.881. The largest absolute Gasteiger partial charge is 0.323 e. The molecule has 22 heavy (non-hydrogen) atoms. The maximum Gasteiger partial charge on any atom is 0.266 e. The Hall–Kier alpha value is -2.27. The molecule has 0 aliphatic carbocycles. The monoisotopic (exact) mass is 310 g/mol. The Labute approximate surface area is 132 Å². The van der Waals surface area contributed by atoms with E-state index in [4.69, 9.17) is 0 Å². The minimum Gasteiger partial charge on any atom is -0.323 e. The van der Waals surface area contributed by atoms with Crippen molar-refractivity contribution in [1.82, 2.24) is 0 Å². The minimum atomic E-state index is -1.01. The van der Waals surface area contributed by atoms with Crippen molar-refractivity contribution in [2.24, 2.45) is 0 Å². The van der Waals surface area contributed by atoms with E-state index >= 15 is 0 Å². The number of carbonyl (C=O) groups excluding carboxylic acids is 2. The normalized spacial score (nSPS) is 26.4. The molecular weight excluding hydrogens is 296 g/mol. The molecule has 2 aromatic rings. The van der Waals surface area contributed by atoms with Crippen LogP contribution >= 0.6 is 11.8 Å². The number of amides is 2. The standard InChI is InChI=1S/C17H14N2O2S/c1-11-15(20)19(12-7-3-2-4-8-12)17(22-11)13-9-5-6-10-14(13)18-16(17)21/h2-11H,1H3,(H,18,21)/t11-,17-/m1/s1. The molecule has 1 saturated heterocycles. The Morgan fingerprint density at radius 1 is 1.05 bits per heavy atom. The van der Waals surface area contributed by atoms with Crippen molar-refractivity contribution in [2.75, 3.05) is 10.2 Å². The third kappa shape index (κ3) is 1.60. The van der Waals surface area contributed by atoms with Crippen LogP contribution in [-0.2, 0) is 14.5 Å². The molecule has 0 unspecified atom stereocenters. The van der Waals surface area contributed by atoms with E-state index in [2.05, 4.69) is 5.32 Å². The summed E-state index contributed by atoms with van der Waals surface area (Å²) in [6.07, 6.45) is 0. The SMILES string of the molecule is C[C@H]1S[C@]2(C(=O)Nc3ccccc32)N(c2ccccc2)C1=O. The van der Waals surface area contributed by atoms with E-state index in [0.29, 0.717) is 0 Å². The van der Waals surface area contributed by atoms with Gasteiger partial charge in [0.15, 0.2) is 0 Å². The molecular formula is C17H14N2O2S. The number of hydrogen-bond acceptors (Lipinski definition) is 3. The maximum atomic E-state index is 12.8. The van der Waals surface area contributed by atoms with Gasteiger partial charge in [-0.05, 0) is 25.1 Å². The molecule has 1 spiro atoms. The fourth-order valence-electron chi connectivity index (χ4n) is 3.14. The van der Waals surface area contributed by atoms with Gasteiger partial charge in [-0.2, -0.15) is 0 Å². The molecule has 2 aliphatic rings. The Morgan fingerprint density at radius 2 is 1.73 bits per heavy atom. The second-order valence-corrected chi connectivity index (χ2v) is 6.95. The zero-order chi connectivity index (χ0) is 15.3. The van der Waals surface area contributed by atoms with E-state index < -0.39 is 4.87 Å². The molecule has 2 atom stereocenters. The molecule has 2 amide bonds. The predicted octanol–water partition coefficient (Wildman–Crippen LogP) is 2.96. The number of thioether (sulfide) groups is 1. The number of nitrogens with one attached hydrogen (secondary N) is 1. The summed E-state index contributed by atoms with van der Waals surface area (Å²) in [5, 5.41) is 2.65. The van der Waals surface area contributed by atoms with Gasteiger partial charge in [0.25, 0.3) is 5.91 Å². The Kier molecular flexibility index (Phi) is 2.81. The molecule has 0 aromatic heterocycles. The molecule has 2 heterocycles. The molecule has 0 radical (unpaired) electrons. The van der Waals surface area contributed by atoms with Crippen LogP contribution in [0, 0.1) is 0 Å². The summed E-state index contributed by atoms with van der Waals surface area (Å²) in [5.41, 5.74) is 2.38. The smallest absolute Gasteiger partial charge is 0.266 e. The number of hydrogen-bond donors (Lipinski definition) is 1. The second-order valence-electron chi connectivity index (χ2n) is 5.41. The van der Waals surface area contributed by atoms with E-state index in [0.717, 1.165) is 16.9 Å². The molecule has 1 fully saturated rings. The summed E-state index contributed by atoms with van der Waals surface area (Å²) >= 11 is 1.40. The highest BCUT2D eigenvalue weighted by Gasteiger charge is 2.60. The number of rotatable bonds is 1. The molecule has 0 bridgehead atoms. The topological polar surface area (TPSA) is 49.4 Å². The van der Waals surface area contributed by atoms with E-state index in [-0.39, 0.29) is 17.1 Å². The van der Waals surface area contributed by atoms with Crippen LogP contribution in [0.25, 0.3) is 0 Å². The zero-order valence-corrected chi connectivity index (χ0v) is 12.8. The van der Waals surface area contributed by atoms with Gasteiger partial charge in [0.2, 0.25) is 10.8 Å². The number of para-hydroxylation sites is 2. The van der Waals surface area contributed by atoms with Crippen LogP contribution in [-0.4, -0.2) is 17.1 Å². The molecule has 1 N–H and O–H groups in total. The number of nitrogens with zero attached hydrogens (tertiary/aromatic N) is 1. The van der Waals surface area contributed by atoms with E-state index in [1.165, 1.54) is 11.8 Å². The van der Waals surface area contributed by atoms with E-state index in [1.54, 1.807) is 4.90 Å². The van der Waals surface area contributed by atoms with Crippen molar-refractivity contribution < 1.29 is 9.59 Å². The van der Waals surface area contributed by atoms with Gasteiger partial charge in [0, 0.05) is 16.9 Å². The van der Waals surface area contributed by atoms with Gasteiger partial charge in [-0.25, -0.2) is 0 Å². The predicted molar refractivity (Wildman–Crippen MR) is 87.7 cm³/mol. The van der Waals surface area contributed by atoms with Crippen LogP contribution in [0.1, 0.15) is 12.5 Å². The van der Waals surface area contributed by atoms with Crippen molar-refractivity contribution in [3.05, 3.63) is 60.2 Å². The van der Waals surface area contributed by atoms with Crippen LogP contribution < -0.4 is 10.2 Å². The highest BCUT2D eigenvalue weighted by molar-refractivity contribution is 8.03. The van der Waals surface area contributed by atoms with Gasteiger partial charge in [-0.3, -0.25) is 14.5 Å². The lowest BCUT2D eigenvalue weighted by atomic mass is 10.0. The van der Waals surface area contributed by atoms with Crippen LogP contribution in [0.5, 0.6) is 0 Å². The lowest BCUT2D eigenvalue weighted by Crippen LogP contribution is -2.47. The van der Waals surface area contributed by atoms with Crippen LogP contribution in [0.4, 0.5) is 11.4 Å². The summed E-state index contributed by atoms with van der Waals surface area (Å²) in [5.74, 6) is -0.191. The van der Waals surface area contributed by atoms with Crippen molar-refractivity contribution in [1.29, 1.82) is 0 Å². The highest BCUT2D eigenvalue weighted by atomic mass is 32.2. The Morgan fingerprint density at radius 3 is 2.50 bits per heavy atom.